The molecule has 0 unspecified atom stereocenters. The van der Waals surface area contributed by atoms with Gasteiger partial charge in [0.1, 0.15) is 17.1 Å². The summed E-state index contributed by atoms with van der Waals surface area (Å²) in [4.78, 5) is 12.0. The fourth-order valence-electron chi connectivity index (χ4n) is 2.90. The second kappa shape index (κ2) is 8.85. The Bertz CT molecular complexity index is 1370. The minimum absolute atomic E-state index is 0.00110. The zero-order valence-corrected chi connectivity index (χ0v) is 18.0. The minimum Gasteiger partial charge on any atom is -0.454 e. The highest BCUT2D eigenvalue weighted by Gasteiger charge is 2.35. The van der Waals surface area contributed by atoms with Gasteiger partial charge in [0.05, 0.1) is 5.75 Å². The van der Waals surface area contributed by atoms with E-state index in [1.165, 1.54) is 25.1 Å². The molecule has 0 aliphatic rings. The lowest BCUT2D eigenvalue weighted by Gasteiger charge is -2.16. The van der Waals surface area contributed by atoms with Crippen LogP contribution in [0.15, 0.2) is 53.5 Å². The third-order valence-electron chi connectivity index (χ3n) is 4.55. The molecule has 1 N–H and O–H groups in total. The summed E-state index contributed by atoms with van der Waals surface area (Å²) in [7, 11) is -2.61. The Kier molecular flexibility index (Phi) is 6.50. The minimum atomic E-state index is -4.96. The van der Waals surface area contributed by atoms with E-state index in [1.54, 1.807) is 0 Å². The van der Waals surface area contributed by atoms with Crippen LogP contribution in [0.4, 0.5) is 27.6 Å². The number of anilines is 1. The highest BCUT2D eigenvalue weighted by Crippen LogP contribution is 2.38. The van der Waals surface area contributed by atoms with E-state index >= 15 is 0 Å². The summed E-state index contributed by atoms with van der Waals surface area (Å²) < 4.78 is 99.8. The first-order chi connectivity index (χ1) is 15.3. The smallest absolute Gasteiger partial charge is 0.421 e. The molecule has 1 aromatic heterocycles. The maximum atomic E-state index is 14.1. The fourth-order valence-corrected chi connectivity index (χ4v) is 3.53. The van der Waals surface area contributed by atoms with Crippen molar-refractivity contribution in [2.75, 3.05) is 10.5 Å². The Labute approximate surface area is 185 Å². The Morgan fingerprint density at radius 1 is 1.03 bits per heavy atom. The number of aromatic nitrogens is 1. The van der Waals surface area contributed by atoms with Gasteiger partial charge in [-0.2, -0.15) is 13.2 Å². The second-order valence-corrected chi connectivity index (χ2v) is 8.96. The van der Waals surface area contributed by atoms with Gasteiger partial charge in [-0.15, -0.1) is 0 Å². The number of ether oxygens (including phenoxy) is 1. The molecule has 0 aliphatic carbocycles. The molecular formula is C21H17F5N2O4S. The summed E-state index contributed by atoms with van der Waals surface area (Å²) in [6.07, 6.45) is -3.87. The number of alkyl halides is 3. The van der Waals surface area contributed by atoms with Crippen molar-refractivity contribution in [3.8, 4) is 22.6 Å². The zero-order valence-electron chi connectivity index (χ0n) is 17.2. The van der Waals surface area contributed by atoms with Gasteiger partial charge in [-0.25, -0.2) is 17.2 Å². The van der Waals surface area contributed by atoms with Crippen LogP contribution in [0.1, 0.15) is 12.5 Å². The summed E-state index contributed by atoms with van der Waals surface area (Å²) in [5.74, 6) is -2.77. The summed E-state index contributed by atoms with van der Waals surface area (Å²) >= 11 is 0. The van der Waals surface area contributed by atoms with E-state index in [-0.39, 0.29) is 28.3 Å². The number of aryl methyl sites for hydroxylation is 1. The van der Waals surface area contributed by atoms with E-state index in [1.807, 2.05) is 0 Å². The van der Waals surface area contributed by atoms with Gasteiger partial charge in [-0.1, -0.05) is 0 Å². The first-order valence-corrected chi connectivity index (χ1v) is 11.0. The van der Waals surface area contributed by atoms with Crippen LogP contribution in [-0.2, 0) is 23.2 Å². The van der Waals surface area contributed by atoms with Crippen molar-refractivity contribution < 1.29 is 35.1 Å². The lowest BCUT2D eigenvalue weighted by Crippen LogP contribution is -2.26. The quantitative estimate of drug-likeness (QED) is 0.501. The molecule has 2 aromatic carbocycles. The molecule has 3 aromatic rings. The molecule has 0 amide bonds. The van der Waals surface area contributed by atoms with Gasteiger partial charge in [0, 0.05) is 36.1 Å². The summed E-state index contributed by atoms with van der Waals surface area (Å²) in [6.45, 7) is 1.39. The molecule has 0 aliphatic heterocycles. The highest BCUT2D eigenvalue weighted by atomic mass is 32.2. The van der Waals surface area contributed by atoms with Crippen molar-refractivity contribution in [2.24, 2.45) is 7.05 Å². The van der Waals surface area contributed by atoms with Crippen molar-refractivity contribution in [1.29, 1.82) is 0 Å². The third kappa shape index (κ3) is 5.51. The van der Waals surface area contributed by atoms with Crippen molar-refractivity contribution in [3.05, 3.63) is 76.2 Å². The maximum absolute atomic E-state index is 14.1. The molecule has 0 fully saturated rings. The topological polar surface area (TPSA) is 77.4 Å². The van der Waals surface area contributed by atoms with Crippen LogP contribution in [0.2, 0.25) is 0 Å². The van der Waals surface area contributed by atoms with E-state index in [0.717, 1.165) is 25.4 Å². The Hall–Kier alpha value is -3.41. The summed E-state index contributed by atoms with van der Waals surface area (Å²) in [5, 5.41) is 0. The molecule has 0 saturated heterocycles. The van der Waals surface area contributed by atoms with E-state index in [2.05, 4.69) is 4.72 Å². The lowest BCUT2D eigenvalue weighted by molar-refractivity contribution is -0.138. The van der Waals surface area contributed by atoms with Crippen LogP contribution < -0.4 is 15.0 Å². The molecule has 12 heteroatoms. The standard InChI is InChI=1S/C21H17F5N2O4S/c1-3-33(30,31)27-14-5-7-18(32-19-6-4-13(22)9-17(19)23)15(10-14)12-8-16(21(24,25)26)20(29)28(2)11-12/h4-11,27H,3H2,1-2H3. The average Bonchev–Trinajstić information content (AvgIpc) is 2.72. The SMILES string of the molecule is CCS(=O)(=O)Nc1ccc(Oc2ccc(F)cc2F)c(-c2cc(C(F)(F)F)c(=O)n(C)c2)c1. The first-order valence-electron chi connectivity index (χ1n) is 9.36. The van der Waals surface area contributed by atoms with Crippen molar-refractivity contribution in [3.63, 3.8) is 0 Å². The van der Waals surface area contributed by atoms with Gasteiger partial charge in [0.15, 0.2) is 11.6 Å². The summed E-state index contributed by atoms with van der Waals surface area (Å²) in [5.41, 5.74) is -2.97. The van der Waals surface area contributed by atoms with Gasteiger partial charge in [-0.3, -0.25) is 9.52 Å². The zero-order chi connectivity index (χ0) is 24.6. The van der Waals surface area contributed by atoms with Crippen molar-refractivity contribution in [1.82, 2.24) is 4.57 Å². The fraction of sp³-hybridized carbons (Fsp3) is 0.190. The number of sulfonamides is 1. The van der Waals surface area contributed by atoms with Crippen LogP contribution in [0.3, 0.4) is 0 Å². The predicted octanol–water partition coefficient (Wildman–Crippen LogP) is 4.90. The number of pyridine rings is 1. The number of rotatable bonds is 6. The highest BCUT2D eigenvalue weighted by molar-refractivity contribution is 7.92. The van der Waals surface area contributed by atoms with Gasteiger partial charge in [0.2, 0.25) is 10.0 Å². The Balaban J connectivity index is 2.22. The average molecular weight is 488 g/mol. The molecule has 33 heavy (non-hydrogen) atoms. The Morgan fingerprint density at radius 3 is 2.30 bits per heavy atom. The maximum Gasteiger partial charge on any atom is 0.421 e. The van der Waals surface area contributed by atoms with E-state index in [0.29, 0.717) is 16.7 Å². The molecule has 0 bridgehead atoms. The third-order valence-corrected chi connectivity index (χ3v) is 5.85. The van der Waals surface area contributed by atoms with Crippen LogP contribution in [-0.4, -0.2) is 18.7 Å². The number of hydrogen-bond donors (Lipinski definition) is 1. The lowest BCUT2D eigenvalue weighted by atomic mass is 10.0. The molecule has 0 atom stereocenters. The van der Waals surface area contributed by atoms with Gasteiger partial charge >= 0.3 is 6.18 Å². The van der Waals surface area contributed by atoms with E-state index in [9.17, 15) is 35.2 Å². The van der Waals surface area contributed by atoms with Gasteiger partial charge < -0.3 is 9.30 Å². The van der Waals surface area contributed by atoms with Gasteiger partial charge in [0.25, 0.3) is 5.56 Å². The van der Waals surface area contributed by atoms with Crippen LogP contribution in [0.5, 0.6) is 11.5 Å². The first kappa shape index (κ1) is 24.2. The number of nitrogens with zero attached hydrogens (tertiary/aromatic N) is 1. The van der Waals surface area contributed by atoms with E-state index in [4.69, 9.17) is 4.74 Å². The van der Waals surface area contributed by atoms with Crippen LogP contribution >= 0.6 is 0 Å². The molecule has 6 nitrogen and oxygen atoms in total. The van der Waals surface area contributed by atoms with Crippen LogP contribution in [0, 0.1) is 11.6 Å². The molecule has 1 heterocycles. The van der Waals surface area contributed by atoms with E-state index < -0.39 is 44.7 Å². The molecule has 0 radical (unpaired) electrons. The number of benzene rings is 2. The van der Waals surface area contributed by atoms with Crippen molar-refractivity contribution in [2.45, 2.75) is 13.1 Å². The van der Waals surface area contributed by atoms with Crippen molar-refractivity contribution >= 4 is 15.7 Å². The van der Waals surface area contributed by atoms with Gasteiger partial charge in [-0.05, 0) is 43.3 Å². The number of nitrogens with one attached hydrogen (secondary N) is 1. The molecule has 0 saturated carbocycles. The monoisotopic (exact) mass is 488 g/mol. The molecule has 3 rings (SSSR count). The number of hydrogen-bond acceptors (Lipinski definition) is 4. The predicted molar refractivity (Wildman–Crippen MR) is 112 cm³/mol. The molecular weight excluding hydrogens is 471 g/mol. The Morgan fingerprint density at radius 2 is 1.70 bits per heavy atom. The normalized spacial score (nSPS) is 12.0. The largest absolute Gasteiger partial charge is 0.454 e. The summed E-state index contributed by atoms with van der Waals surface area (Å²) in [6, 6.07) is 6.73. The molecule has 176 valence electrons. The van der Waals surface area contributed by atoms with Crippen LogP contribution in [0.25, 0.3) is 11.1 Å². The number of halogens is 5. The second-order valence-electron chi connectivity index (χ2n) is 6.95. The molecule has 0 spiro atoms.